The average Bonchev–Trinajstić information content (AvgIpc) is 2.43. The molecule has 0 atom stereocenters. The van der Waals surface area contributed by atoms with E-state index in [-0.39, 0.29) is 5.78 Å². The first kappa shape index (κ1) is 15.4. The largest absolute Gasteiger partial charge is 0.293 e. The first-order valence-corrected chi connectivity index (χ1v) is 7.17. The van der Waals surface area contributed by atoms with Crippen molar-refractivity contribution in [3.8, 4) is 0 Å². The van der Waals surface area contributed by atoms with E-state index in [1.807, 2.05) is 50.1 Å². The second-order valence-electron chi connectivity index (χ2n) is 5.67. The predicted octanol–water partition coefficient (Wildman–Crippen LogP) is 3.32. The summed E-state index contributed by atoms with van der Waals surface area (Å²) in [5.74, 6) is 0.161. The fraction of sp³-hybridized carbons (Fsp3) is 0.333. The monoisotopic (exact) mass is 282 g/mol. The van der Waals surface area contributed by atoms with Crippen LogP contribution in [0.2, 0.25) is 0 Å². The van der Waals surface area contributed by atoms with Crippen LogP contribution >= 0.6 is 0 Å². The molecule has 1 heterocycles. The number of aromatic nitrogens is 1. The molecule has 0 N–H and O–H groups in total. The Balaban J connectivity index is 2.06. The molecule has 0 fully saturated rings. The molecule has 110 valence electrons. The highest BCUT2D eigenvalue weighted by Crippen LogP contribution is 2.16. The van der Waals surface area contributed by atoms with E-state index in [2.05, 4.69) is 18.0 Å². The summed E-state index contributed by atoms with van der Waals surface area (Å²) in [6, 6.07) is 9.92. The van der Waals surface area contributed by atoms with Gasteiger partial charge < -0.3 is 0 Å². The van der Waals surface area contributed by atoms with Crippen molar-refractivity contribution in [2.75, 3.05) is 13.6 Å². The Morgan fingerprint density at radius 3 is 2.48 bits per heavy atom. The van der Waals surface area contributed by atoms with Crippen LogP contribution in [0.3, 0.4) is 0 Å². The minimum atomic E-state index is 0.161. The summed E-state index contributed by atoms with van der Waals surface area (Å²) in [5.41, 5.74) is 5.24. The number of pyridine rings is 1. The van der Waals surface area contributed by atoms with Crippen LogP contribution in [0.25, 0.3) is 0 Å². The molecule has 0 unspecified atom stereocenters. The molecule has 0 bridgehead atoms. The number of benzene rings is 1. The third-order valence-electron chi connectivity index (χ3n) is 3.71. The van der Waals surface area contributed by atoms with Gasteiger partial charge in [-0.3, -0.25) is 14.7 Å². The first-order valence-electron chi connectivity index (χ1n) is 7.17. The fourth-order valence-corrected chi connectivity index (χ4v) is 2.42. The van der Waals surface area contributed by atoms with E-state index in [1.54, 1.807) is 6.20 Å². The number of hydrogen-bond donors (Lipinski definition) is 0. The average molecular weight is 282 g/mol. The van der Waals surface area contributed by atoms with Gasteiger partial charge in [-0.2, -0.15) is 0 Å². The third-order valence-corrected chi connectivity index (χ3v) is 3.71. The summed E-state index contributed by atoms with van der Waals surface area (Å²) in [6.45, 7) is 7.20. The SMILES string of the molecule is Cc1cc(C)c(C(=O)CN(C)Cc2ccccn2)cc1C. The van der Waals surface area contributed by atoms with Gasteiger partial charge in [-0.1, -0.05) is 12.1 Å². The maximum absolute atomic E-state index is 12.5. The molecule has 0 aliphatic carbocycles. The molecule has 0 amide bonds. The molecule has 3 heteroatoms. The number of nitrogens with zero attached hydrogens (tertiary/aromatic N) is 2. The lowest BCUT2D eigenvalue weighted by atomic mass is 9.98. The summed E-state index contributed by atoms with van der Waals surface area (Å²) in [4.78, 5) is 18.8. The molecular weight excluding hydrogens is 260 g/mol. The highest BCUT2D eigenvalue weighted by atomic mass is 16.1. The van der Waals surface area contributed by atoms with Gasteiger partial charge in [0.25, 0.3) is 0 Å². The summed E-state index contributed by atoms with van der Waals surface area (Å²) in [5, 5.41) is 0. The summed E-state index contributed by atoms with van der Waals surface area (Å²) in [6.07, 6.45) is 1.78. The Bertz CT molecular complexity index is 635. The van der Waals surface area contributed by atoms with Gasteiger partial charge in [0.05, 0.1) is 12.2 Å². The topological polar surface area (TPSA) is 33.2 Å². The van der Waals surface area contributed by atoms with Crippen molar-refractivity contribution >= 4 is 5.78 Å². The predicted molar refractivity (Wildman–Crippen MR) is 85.6 cm³/mol. The minimum absolute atomic E-state index is 0.161. The molecule has 3 nitrogen and oxygen atoms in total. The highest BCUT2D eigenvalue weighted by Gasteiger charge is 2.13. The molecule has 0 saturated heterocycles. The summed E-state index contributed by atoms with van der Waals surface area (Å²) in [7, 11) is 1.95. The van der Waals surface area contributed by atoms with Crippen molar-refractivity contribution < 1.29 is 4.79 Å². The van der Waals surface area contributed by atoms with Crippen molar-refractivity contribution in [1.29, 1.82) is 0 Å². The van der Waals surface area contributed by atoms with Crippen LogP contribution in [0.5, 0.6) is 0 Å². The van der Waals surface area contributed by atoms with E-state index in [0.29, 0.717) is 13.1 Å². The van der Waals surface area contributed by atoms with Gasteiger partial charge in [-0.05, 0) is 62.7 Å². The molecule has 0 radical (unpaired) electrons. The molecule has 1 aromatic carbocycles. The van der Waals surface area contributed by atoms with E-state index in [1.165, 1.54) is 5.56 Å². The number of likely N-dealkylation sites (N-methyl/N-ethyl adjacent to an activating group) is 1. The zero-order valence-corrected chi connectivity index (χ0v) is 13.2. The van der Waals surface area contributed by atoms with Crippen LogP contribution in [0.4, 0.5) is 0 Å². The lowest BCUT2D eigenvalue weighted by Crippen LogP contribution is -2.26. The van der Waals surface area contributed by atoms with E-state index in [9.17, 15) is 4.79 Å². The molecule has 0 spiro atoms. The number of rotatable bonds is 5. The van der Waals surface area contributed by atoms with Gasteiger partial charge in [-0.25, -0.2) is 0 Å². The van der Waals surface area contributed by atoms with Crippen molar-refractivity contribution in [2.45, 2.75) is 27.3 Å². The molecule has 2 rings (SSSR count). The second kappa shape index (κ2) is 6.64. The van der Waals surface area contributed by atoms with Gasteiger partial charge in [0.2, 0.25) is 0 Å². The van der Waals surface area contributed by atoms with Crippen LogP contribution in [0.1, 0.15) is 32.7 Å². The van der Waals surface area contributed by atoms with Crippen molar-refractivity contribution in [3.05, 3.63) is 64.5 Å². The molecule has 0 saturated carbocycles. The number of carbonyl (C=O) groups excluding carboxylic acids is 1. The Kier molecular flexibility index (Phi) is 4.86. The molecule has 1 aromatic heterocycles. The third kappa shape index (κ3) is 3.99. The van der Waals surface area contributed by atoms with Gasteiger partial charge in [0.15, 0.2) is 5.78 Å². The van der Waals surface area contributed by atoms with Crippen LogP contribution in [0.15, 0.2) is 36.5 Å². The number of ketones is 1. The molecule has 0 aliphatic rings. The van der Waals surface area contributed by atoms with Crippen molar-refractivity contribution in [3.63, 3.8) is 0 Å². The fourth-order valence-electron chi connectivity index (χ4n) is 2.42. The molecule has 0 aliphatic heterocycles. The summed E-state index contributed by atoms with van der Waals surface area (Å²) >= 11 is 0. The van der Waals surface area contributed by atoms with Crippen LogP contribution in [-0.2, 0) is 6.54 Å². The van der Waals surface area contributed by atoms with Crippen LogP contribution in [-0.4, -0.2) is 29.3 Å². The molecular formula is C18H22N2O. The zero-order chi connectivity index (χ0) is 15.4. The van der Waals surface area contributed by atoms with Gasteiger partial charge in [0.1, 0.15) is 0 Å². The quantitative estimate of drug-likeness (QED) is 0.789. The van der Waals surface area contributed by atoms with Crippen LogP contribution < -0.4 is 0 Å². The number of Topliss-reactive ketones (excluding diaryl/α,β-unsaturated/α-hetero) is 1. The lowest BCUT2D eigenvalue weighted by molar-refractivity contribution is 0.0942. The maximum atomic E-state index is 12.5. The van der Waals surface area contributed by atoms with E-state index < -0.39 is 0 Å². The molecule has 2 aromatic rings. The number of aryl methyl sites for hydroxylation is 3. The van der Waals surface area contributed by atoms with Gasteiger partial charge in [0, 0.05) is 18.3 Å². The number of hydrogen-bond acceptors (Lipinski definition) is 3. The van der Waals surface area contributed by atoms with Crippen molar-refractivity contribution in [1.82, 2.24) is 9.88 Å². The van der Waals surface area contributed by atoms with Crippen molar-refractivity contribution in [2.24, 2.45) is 0 Å². The Hall–Kier alpha value is -2.00. The Morgan fingerprint density at radius 1 is 1.10 bits per heavy atom. The van der Waals surface area contributed by atoms with Crippen LogP contribution in [0, 0.1) is 20.8 Å². The second-order valence-corrected chi connectivity index (χ2v) is 5.67. The van der Waals surface area contributed by atoms with Gasteiger partial charge >= 0.3 is 0 Å². The standard InChI is InChI=1S/C18H22N2O/c1-13-9-15(3)17(10-14(13)2)18(21)12-20(4)11-16-7-5-6-8-19-16/h5-10H,11-12H2,1-4H3. The minimum Gasteiger partial charge on any atom is -0.293 e. The zero-order valence-electron chi connectivity index (χ0n) is 13.2. The van der Waals surface area contributed by atoms with E-state index >= 15 is 0 Å². The van der Waals surface area contributed by atoms with Gasteiger partial charge in [-0.15, -0.1) is 0 Å². The summed E-state index contributed by atoms with van der Waals surface area (Å²) < 4.78 is 0. The normalized spacial score (nSPS) is 10.9. The first-order chi connectivity index (χ1) is 9.97. The lowest BCUT2D eigenvalue weighted by Gasteiger charge is -2.16. The smallest absolute Gasteiger partial charge is 0.177 e. The Labute approximate surface area is 126 Å². The number of carbonyl (C=O) groups is 1. The highest BCUT2D eigenvalue weighted by molar-refractivity contribution is 5.99. The van der Waals surface area contributed by atoms with E-state index in [4.69, 9.17) is 0 Å². The molecule has 21 heavy (non-hydrogen) atoms. The maximum Gasteiger partial charge on any atom is 0.177 e. The van der Waals surface area contributed by atoms with E-state index in [0.717, 1.165) is 22.4 Å². The Morgan fingerprint density at radius 2 is 1.81 bits per heavy atom.